The van der Waals surface area contributed by atoms with Gasteiger partial charge in [-0.15, -0.1) is 0 Å². The fraction of sp³-hybridized carbons (Fsp3) is 0.370. The molecule has 6 atom stereocenters. The Balaban J connectivity index is 1.22. The van der Waals surface area contributed by atoms with Gasteiger partial charge in [0.25, 0.3) is 11.8 Å². The molecule has 34 heavy (non-hydrogen) atoms. The molecule has 3 fully saturated rings. The van der Waals surface area contributed by atoms with E-state index in [4.69, 9.17) is 9.47 Å². The van der Waals surface area contributed by atoms with E-state index in [1.807, 2.05) is 49.4 Å². The van der Waals surface area contributed by atoms with Gasteiger partial charge in [0.05, 0.1) is 28.2 Å². The van der Waals surface area contributed by atoms with Crippen molar-refractivity contribution in [3.63, 3.8) is 0 Å². The second-order valence-electron chi connectivity index (χ2n) is 9.42. The van der Waals surface area contributed by atoms with Gasteiger partial charge in [-0.1, -0.05) is 42.5 Å². The normalized spacial score (nSPS) is 30.6. The smallest absolute Gasteiger partial charge is 0.254 e. The maximum Gasteiger partial charge on any atom is 0.254 e. The Kier molecular flexibility index (Phi) is 5.47. The molecule has 0 radical (unpaired) electrons. The van der Waals surface area contributed by atoms with Crippen LogP contribution in [0.25, 0.3) is 0 Å². The monoisotopic (exact) mass is 568 g/mol. The lowest BCUT2D eigenvalue weighted by atomic mass is 9.63. The molecule has 7 rings (SSSR count). The highest BCUT2D eigenvalue weighted by Gasteiger charge is 2.67. The van der Waals surface area contributed by atoms with E-state index in [9.17, 15) is 9.59 Å². The van der Waals surface area contributed by atoms with Gasteiger partial charge in [0.15, 0.2) is 11.5 Å². The molecule has 2 amide bonds. The summed E-state index contributed by atoms with van der Waals surface area (Å²) in [4.78, 5) is 26.3. The average Bonchev–Trinajstić information content (AvgIpc) is 3.62. The summed E-state index contributed by atoms with van der Waals surface area (Å²) in [5, 5.41) is 5.47. The number of benzene rings is 2. The van der Waals surface area contributed by atoms with Gasteiger partial charge in [-0.05, 0) is 82.9 Å². The maximum absolute atomic E-state index is 13.1. The molecular formula is C27H25IN2O4. The zero-order chi connectivity index (χ0) is 23.4. The molecule has 0 aromatic heterocycles. The third-order valence-corrected chi connectivity index (χ3v) is 8.32. The molecule has 0 unspecified atom stereocenters. The van der Waals surface area contributed by atoms with Crippen LogP contribution in [0.4, 0.5) is 0 Å². The van der Waals surface area contributed by atoms with Crippen LogP contribution in [0.5, 0.6) is 11.5 Å². The number of halogens is 1. The van der Waals surface area contributed by atoms with Gasteiger partial charge in [0.2, 0.25) is 0 Å². The molecule has 4 aliphatic carbocycles. The van der Waals surface area contributed by atoms with E-state index in [0.29, 0.717) is 36.5 Å². The lowest BCUT2D eigenvalue weighted by Crippen LogP contribution is -2.40. The molecule has 0 N–H and O–H groups in total. The number of carbonyl (C=O) groups excluding carboxylic acids is 2. The molecular weight excluding hydrogens is 543 g/mol. The molecule has 2 bridgehead atoms. The van der Waals surface area contributed by atoms with Crippen LogP contribution in [-0.2, 0) is 16.2 Å². The van der Waals surface area contributed by atoms with Crippen LogP contribution in [0, 0.1) is 39.1 Å². The first kappa shape index (κ1) is 21.8. The van der Waals surface area contributed by atoms with Crippen LogP contribution in [-0.4, -0.2) is 29.6 Å². The summed E-state index contributed by atoms with van der Waals surface area (Å²) in [5.74, 6) is 2.05. The molecule has 1 heterocycles. The number of ether oxygens (including phenoxy) is 2. The minimum atomic E-state index is -0.240. The minimum absolute atomic E-state index is 0.154. The molecule has 1 saturated heterocycles. The molecule has 2 saturated carbocycles. The Bertz CT molecular complexity index is 1170. The predicted molar refractivity (Wildman–Crippen MR) is 135 cm³/mol. The van der Waals surface area contributed by atoms with Gasteiger partial charge in [0.1, 0.15) is 6.61 Å². The molecule has 6 nitrogen and oxygen atoms in total. The van der Waals surface area contributed by atoms with E-state index < -0.39 is 0 Å². The number of nitrogens with zero attached hydrogens (tertiary/aromatic N) is 2. The van der Waals surface area contributed by atoms with Crippen LogP contribution >= 0.6 is 22.6 Å². The predicted octanol–water partition coefficient (Wildman–Crippen LogP) is 4.66. The third-order valence-electron chi connectivity index (χ3n) is 7.52. The molecule has 1 aliphatic heterocycles. The summed E-state index contributed by atoms with van der Waals surface area (Å²) in [5.41, 5.74) is 1.82. The Morgan fingerprint density at radius 2 is 1.71 bits per heavy atom. The van der Waals surface area contributed by atoms with Crippen molar-refractivity contribution in [3.8, 4) is 11.5 Å². The highest BCUT2D eigenvalue weighted by molar-refractivity contribution is 14.1. The third kappa shape index (κ3) is 3.56. The Hall–Kier alpha value is -2.68. The van der Waals surface area contributed by atoms with E-state index in [0.717, 1.165) is 26.1 Å². The Labute approximate surface area is 212 Å². The van der Waals surface area contributed by atoms with Crippen molar-refractivity contribution in [2.75, 3.05) is 6.61 Å². The second-order valence-corrected chi connectivity index (χ2v) is 10.6. The summed E-state index contributed by atoms with van der Waals surface area (Å²) < 4.78 is 12.8. The topological polar surface area (TPSA) is 68.2 Å². The van der Waals surface area contributed by atoms with E-state index in [1.54, 1.807) is 6.21 Å². The van der Waals surface area contributed by atoms with Crippen LogP contribution < -0.4 is 9.47 Å². The molecule has 7 heteroatoms. The van der Waals surface area contributed by atoms with Gasteiger partial charge < -0.3 is 9.47 Å². The van der Waals surface area contributed by atoms with Gasteiger partial charge in [-0.2, -0.15) is 10.1 Å². The zero-order valence-corrected chi connectivity index (χ0v) is 20.9. The lowest BCUT2D eigenvalue weighted by molar-refractivity contribution is -0.140. The Morgan fingerprint density at radius 1 is 1.03 bits per heavy atom. The van der Waals surface area contributed by atoms with Crippen molar-refractivity contribution in [2.24, 2.45) is 40.6 Å². The quantitative estimate of drug-likeness (QED) is 0.211. The van der Waals surface area contributed by atoms with Crippen molar-refractivity contribution in [1.29, 1.82) is 0 Å². The number of carbonyl (C=O) groups is 2. The SMILES string of the molecule is CCOc1cc(/C=N\N2C(=O)[C@@H]3[C@H]4C=C[C@@H]([C@@H]5C[C@@H]45)[C@H]3C2=O)cc(I)c1OCc1ccccc1. The standard InChI is InChI=1S/C27H25IN2O4/c1-2-33-22-11-16(10-21(28)25(22)34-14-15-6-4-3-5-7-15)13-29-30-26(31)23-17-8-9-18(20-12-19(17)20)24(23)27(30)32/h3-11,13,17-20,23-24H,2,12,14H2,1H3/b29-13-/t17-,18-,19-,20-,23+,24+/m0/s1. The fourth-order valence-electron chi connectivity index (χ4n) is 5.97. The summed E-state index contributed by atoms with van der Waals surface area (Å²) in [7, 11) is 0. The summed E-state index contributed by atoms with van der Waals surface area (Å²) >= 11 is 2.22. The van der Waals surface area contributed by atoms with Crippen LogP contribution in [0.2, 0.25) is 0 Å². The van der Waals surface area contributed by atoms with Crippen LogP contribution in [0.15, 0.2) is 59.7 Å². The summed E-state index contributed by atoms with van der Waals surface area (Å²) in [6.07, 6.45) is 7.07. The summed E-state index contributed by atoms with van der Waals surface area (Å²) in [6, 6.07) is 13.7. The van der Waals surface area contributed by atoms with Crippen molar-refractivity contribution < 1.29 is 19.1 Å². The van der Waals surface area contributed by atoms with E-state index >= 15 is 0 Å². The number of imide groups is 1. The van der Waals surface area contributed by atoms with Gasteiger partial charge >= 0.3 is 0 Å². The first-order valence-corrected chi connectivity index (χ1v) is 12.9. The van der Waals surface area contributed by atoms with Gasteiger partial charge in [-0.3, -0.25) is 9.59 Å². The average molecular weight is 568 g/mol. The number of allylic oxidation sites excluding steroid dienone is 2. The van der Waals surface area contributed by atoms with Crippen LogP contribution in [0.3, 0.4) is 0 Å². The molecule has 0 spiro atoms. The van der Waals surface area contributed by atoms with Crippen LogP contribution in [0.1, 0.15) is 24.5 Å². The number of rotatable bonds is 7. The van der Waals surface area contributed by atoms with Crippen molar-refractivity contribution in [3.05, 3.63) is 69.3 Å². The number of hydrazone groups is 1. The molecule has 174 valence electrons. The largest absolute Gasteiger partial charge is 0.490 e. The molecule has 5 aliphatic rings. The molecule has 2 aromatic carbocycles. The fourth-order valence-corrected chi connectivity index (χ4v) is 6.76. The highest BCUT2D eigenvalue weighted by atomic mass is 127. The molecule has 2 aromatic rings. The lowest BCUT2D eigenvalue weighted by Gasteiger charge is -2.37. The highest BCUT2D eigenvalue weighted by Crippen LogP contribution is 2.65. The second kappa shape index (κ2) is 8.52. The maximum atomic E-state index is 13.1. The van der Waals surface area contributed by atoms with Crippen molar-refractivity contribution in [1.82, 2.24) is 5.01 Å². The van der Waals surface area contributed by atoms with E-state index in [1.165, 1.54) is 0 Å². The zero-order valence-electron chi connectivity index (χ0n) is 18.8. The van der Waals surface area contributed by atoms with Gasteiger partial charge in [0, 0.05) is 0 Å². The summed E-state index contributed by atoms with van der Waals surface area (Å²) in [6.45, 7) is 2.84. The number of amides is 2. The Morgan fingerprint density at radius 3 is 2.35 bits per heavy atom. The number of hydrogen-bond donors (Lipinski definition) is 0. The van der Waals surface area contributed by atoms with E-state index in [2.05, 4.69) is 39.8 Å². The van der Waals surface area contributed by atoms with E-state index in [-0.39, 0.29) is 35.5 Å². The van der Waals surface area contributed by atoms with Crippen molar-refractivity contribution in [2.45, 2.75) is 20.0 Å². The number of hydrogen-bond acceptors (Lipinski definition) is 5. The van der Waals surface area contributed by atoms with Gasteiger partial charge in [-0.25, -0.2) is 0 Å². The first-order chi connectivity index (χ1) is 16.6. The minimum Gasteiger partial charge on any atom is -0.490 e. The first-order valence-electron chi connectivity index (χ1n) is 11.8. The van der Waals surface area contributed by atoms with Crippen molar-refractivity contribution >= 4 is 40.6 Å².